The molecule has 1 saturated heterocycles. The maximum absolute atomic E-state index is 12.6. The highest BCUT2D eigenvalue weighted by Crippen LogP contribution is 2.41. The number of hydrogen-bond donors (Lipinski definition) is 0. The summed E-state index contributed by atoms with van der Waals surface area (Å²) in [4.78, 5) is 28.4. The fourth-order valence-electron chi connectivity index (χ4n) is 3.80. The van der Waals surface area contributed by atoms with Crippen molar-refractivity contribution in [2.45, 2.75) is 38.7 Å². The van der Waals surface area contributed by atoms with Gasteiger partial charge in [-0.05, 0) is 73.6 Å². The van der Waals surface area contributed by atoms with Gasteiger partial charge < -0.3 is 14.4 Å². The first kappa shape index (κ1) is 18.0. The molecule has 6 heteroatoms. The van der Waals surface area contributed by atoms with Crippen molar-refractivity contribution in [1.82, 2.24) is 4.90 Å². The maximum Gasteiger partial charge on any atom is 0.349 e. The number of benzene rings is 1. The molecule has 1 fully saturated rings. The van der Waals surface area contributed by atoms with Crippen LogP contribution in [0.2, 0.25) is 0 Å². The molecular weight excluding hydrogens is 362 g/mol. The van der Waals surface area contributed by atoms with E-state index >= 15 is 0 Å². The number of rotatable bonds is 4. The molecular formula is C21H23NO4S. The zero-order valence-corrected chi connectivity index (χ0v) is 16.4. The minimum atomic E-state index is -0.744. The minimum Gasteiger partial charge on any atom is -0.497 e. The van der Waals surface area contributed by atoms with E-state index in [-0.39, 0.29) is 5.91 Å². The molecule has 0 spiro atoms. The monoisotopic (exact) mass is 385 g/mol. The Morgan fingerprint density at radius 3 is 2.59 bits per heavy atom. The number of carbonyl (C=O) groups excluding carboxylic acids is 2. The number of ether oxygens (including phenoxy) is 2. The molecule has 2 aliphatic rings. The van der Waals surface area contributed by atoms with Crippen LogP contribution in [0.15, 0.2) is 24.3 Å². The van der Waals surface area contributed by atoms with E-state index in [1.807, 2.05) is 12.1 Å². The Kier molecular flexibility index (Phi) is 4.91. The molecule has 2 aromatic rings. The summed E-state index contributed by atoms with van der Waals surface area (Å²) < 4.78 is 10.8. The zero-order chi connectivity index (χ0) is 19.0. The highest BCUT2D eigenvalue weighted by molar-refractivity contribution is 7.17. The highest BCUT2D eigenvalue weighted by Gasteiger charge is 2.28. The summed E-state index contributed by atoms with van der Waals surface area (Å²) in [6.45, 7) is 3.18. The lowest BCUT2D eigenvalue weighted by molar-refractivity contribution is -0.138. The molecule has 1 aliphatic carbocycles. The number of methoxy groups -OCH3 is 1. The largest absolute Gasteiger partial charge is 0.497 e. The van der Waals surface area contributed by atoms with Gasteiger partial charge in [-0.3, -0.25) is 4.79 Å². The number of thiophene rings is 1. The smallest absolute Gasteiger partial charge is 0.349 e. The molecule has 0 bridgehead atoms. The van der Waals surface area contributed by atoms with Crippen LogP contribution in [-0.2, 0) is 22.4 Å². The normalized spacial score (nSPS) is 16.4. The van der Waals surface area contributed by atoms with Crippen LogP contribution in [0, 0.1) is 0 Å². The number of amides is 1. The van der Waals surface area contributed by atoms with E-state index in [0.717, 1.165) is 55.0 Å². The molecule has 1 aliphatic heterocycles. The lowest BCUT2D eigenvalue weighted by Gasteiger charge is -2.20. The van der Waals surface area contributed by atoms with Gasteiger partial charge in [0.1, 0.15) is 10.6 Å². The van der Waals surface area contributed by atoms with Crippen LogP contribution in [0.4, 0.5) is 0 Å². The van der Waals surface area contributed by atoms with Gasteiger partial charge in [-0.1, -0.05) is 0 Å². The molecule has 27 heavy (non-hydrogen) atoms. The van der Waals surface area contributed by atoms with Crippen molar-refractivity contribution in [2.75, 3.05) is 20.2 Å². The molecule has 0 radical (unpaired) electrons. The van der Waals surface area contributed by atoms with Crippen LogP contribution in [0.25, 0.3) is 10.4 Å². The number of fused-ring (bicyclic) bond motifs is 3. The van der Waals surface area contributed by atoms with Crippen LogP contribution in [0.5, 0.6) is 5.75 Å². The van der Waals surface area contributed by atoms with Crippen molar-refractivity contribution in [1.29, 1.82) is 0 Å². The lowest BCUT2D eigenvalue weighted by atomic mass is 9.91. The number of likely N-dealkylation sites (tertiary alicyclic amines) is 1. The number of nitrogens with zero attached hydrogens (tertiary/aromatic N) is 1. The molecule has 1 amide bonds. The van der Waals surface area contributed by atoms with Gasteiger partial charge in [0.15, 0.2) is 6.10 Å². The van der Waals surface area contributed by atoms with Crippen LogP contribution < -0.4 is 4.74 Å². The summed E-state index contributed by atoms with van der Waals surface area (Å²) >= 11 is 1.45. The molecule has 5 nitrogen and oxygen atoms in total. The Labute approximate surface area is 162 Å². The third kappa shape index (κ3) is 3.46. The number of esters is 1. The van der Waals surface area contributed by atoms with Crippen molar-refractivity contribution >= 4 is 23.2 Å². The zero-order valence-electron chi connectivity index (χ0n) is 15.6. The van der Waals surface area contributed by atoms with Gasteiger partial charge in [0, 0.05) is 18.0 Å². The van der Waals surface area contributed by atoms with Crippen molar-refractivity contribution in [3.05, 3.63) is 40.3 Å². The average molecular weight is 385 g/mol. The number of carbonyl (C=O) groups is 2. The molecule has 1 aromatic carbocycles. The summed E-state index contributed by atoms with van der Waals surface area (Å²) in [5.41, 5.74) is 3.56. The molecule has 0 N–H and O–H groups in total. The van der Waals surface area contributed by atoms with Crippen LogP contribution in [0.3, 0.4) is 0 Å². The third-order valence-electron chi connectivity index (χ3n) is 5.28. The second-order valence-electron chi connectivity index (χ2n) is 7.07. The maximum atomic E-state index is 12.6. The van der Waals surface area contributed by atoms with Crippen LogP contribution >= 0.6 is 11.3 Å². The van der Waals surface area contributed by atoms with Crippen molar-refractivity contribution in [3.8, 4) is 16.2 Å². The molecule has 1 aromatic heterocycles. The van der Waals surface area contributed by atoms with Gasteiger partial charge >= 0.3 is 5.97 Å². The first-order valence-electron chi connectivity index (χ1n) is 9.36. The van der Waals surface area contributed by atoms with Crippen molar-refractivity contribution in [2.24, 2.45) is 0 Å². The SMILES string of the molecule is COc1ccc2c(c1)CCc1cc(C(=O)OC(C)C(=O)N3CCCC3)sc1-2. The molecule has 142 valence electrons. The topological polar surface area (TPSA) is 55.8 Å². The second-order valence-corrected chi connectivity index (χ2v) is 8.12. The van der Waals surface area contributed by atoms with Crippen molar-refractivity contribution < 1.29 is 19.1 Å². The van der Waals surface area contributed by atoms with Gasteiger partial charge in [0.25, 0.3) is 5.91 Å². The Morgan fingerprint density at radius 2 is 1.85 bits per heavy atom. The standard InChI is InChI=1S/C21H23NO4S/c1-13(20(23)22-9-3-4-10-22)26-21(24)18-12-15-6-5-14-11-16(25-2)7-8-17(14)19(15)27-18/h7-8,11-13H,3-6,9-10H2,1-2H3. The van der Waals surface area contributed by atoms with Gasteiger partial charge in [0.2, 0.25) is 0 Å². The summed E-state index contributed by atoms with van der Waals surface area (Å²) in [7, 11) is 1.67. The van der Waals surface area contributed by atoms with E-state index in [0.29, 0.717) is 4.88 Å². The predicted molar refractivity (Wildman–Crippen MR) is 104 cm³/mol. The highest BCUT2D eigenvalue weighted by atomic mass is 32.1. The van der Waals surface area contributed by atoms with Gasteiger partial charge in [-0.15, -0.1) is 11.3 Å². The van der Waals surface area contributed by atoms with E-state index in [9.17, 15) is 9.59 Å². The third-order valence-corrected chi connectivity index (χ3v) is 6.47. The predicted octanol–water partition coefficient (Wildman–Crippen LogP) is 3.69. The van der Waals surface area contributed by atoms with E-state index in [2.05, 4.69) is 12.1 Å². The molecule has 0 saturated carbocycles. The van der Waals surface area contributed by atoms with Crippen molar-refractivity contribution in [3.63, 3.8) is 0 Å². The average Bonchev–Trinajstić information content (AvgIpc) is 3.36. The molecule has 2 heterocycles. The van der Waals surface area contributed by atoms with Gasteiger partial charge in [-0.2, -0.15) is 0 Å². The Morgan fingerprint density at radius 1 is 1.11 bits per heavy atom. The fraction of sp³-hybridized carbons (Fsp3) is 0.429. The van der Waals surface area contributed by atoms with E-state index in [4.69, 9.17) is 9.47 Å². The Bertz CT molecular complexity index is 882. The fourth-order valence-corrected chi connectivity index (χ4v) is 4.96. The van der Waals surface area contributed by atoms with E-state index in [1.54, 1.807) is 18.9 Å². The second kappa shape index (κ2) is 7.35. The van der Waals surface area contributed by atoms with Gasteiger partial charge in [-0.25, -0.2) is 4.79 Å². The quantitative estimate of drug-likeness (QED) is 0.753. The first-order valence-corrected chi connectivity index (χ1v) is 10.2. The summed E-state index contributed by atoms with van der Waals surface area (Å²) in [5, 5.41) is 0. The lowest BCUT2D eigenvalue weighted by Crippen LogP contribution is -2.38. The first-order chi connectivity index (χ1) is 13.1. The van der Waals surface area contributed by atoms with Gasteiger partial charge in [0.05, 0.1) is 7.11 Å². The Balaban J connectivity index is 1.51. The van der Waals surface area contributed by atoms with Crippen LogP contribution in [0.1, 0.15) is 40.6 Å². The summed E-state index contributed by atoms with van der Waals surface area (Å²) in [6.07, 6.45) is 3.12. The summed E-state index contributed by atoms with van der Waals surface area (Å²) in [5.74, 6) is 0.340. The molecule has 1 atom stereocenters. The minimum absolute atomic E-state index is 0.0976. The number of aryl methyl sites for hydroxylation is 2. The molecule has 1 unspecified atom stereocenters. The van der Waals surface area contributed by atoms with E-state index < -0.39 is 12.1 Å². The van der Waals surface area contributed by atoms with E-state index in [1.165, 1.54) is 22.5 Å². The number of hydrogen-bond acceptors (Lipinski definition) is 5. The van der Waals surface area contributed by atoms with Crippen LogP contribution in [-0.4, -0.2) is 43.1 Å². The molecule has 4 rings (SSSR count). The summed E-state index contributed by atoms with van der Waals surface area (Å²) in [6, 6.07) is 7.98. The Hall–Kier alpha value is -2.34.